The van der Waals surface area contributed by atoms with Crippen molar-refractivity contribution < 1.29 is 0 Å². The molecule has 0 atom stereocenters. The summed E-state index contributed by atoms with van der Waals surface area (Å²) in [5, 5.41) is 3.37. The average Bonchev–Trinajstić information content (AvgIpc) is 3.01. The highest BCUT2D eigenvalue weighted by molar-refractivity contribution is 8.11. The Bertz CT molecular complexity index is 761. The Morgan fingerprint density at radius 2 is 0.795 bits per heavy atom. The molecule has 0 radical (unpaired) electrons. The molecule has 256 valence electrons. The smallest absolute Gasteiger partial charge is 0.135 e. The van der Waals surface area contributed by atoms with E-state index in [1.807, 2.05) is 0 Å². The number of aryl methyl sites for hydroxylation is 1. The molecular formula is C41H75NS2. The van der Waals surface area contributed by atoms with Crippen LogP contribution in [0.2, 0.25) is 0 Å². The Hall–Kier alpha value is -0.540. The fourth-order valence-corrected chi connectivity index (χ4v) is 6.99. The van der Waals surface area contributed by atoms with Gasteiger partial charge in [-0.2, -0.15) is 0 Å². The summed E-state index contributed by atoms with van der Waals surface area (Å²) < 4.78 is 0.576. The van der Waals surface area contributed by atoms with Crippen molar-refractivity contribution in [3.8, 4) is 0 Å². The maximum absolute atomic E-state index is 5.29. The van der Waals surface area contributed by atoms with E-state index in [2.05, 4.69) is 50.0 Å². The van der Waals surface area contributed by atoms with Crippen LogP contribution in [0.15, 0.2) is 18.2 Å². The van der Waals surface area contributed by atoms with Gasteiger partial charge in [-0.3, -0.25) is 0 Å². The van der Waals surface area contributed by atoms with Gasteiger partial charge in [0, 0.05) is 5.69 Å². The Kier molecular flexibility index (Phi) is 30.5. The first kappa shape index (κ1) is 41.5. The van der Waals surface area contributed by atoms with Crippen LogP contribution < -0.4 is 5.32 Å². The predicted molar refractivity (Wildman–Crippen MR) is 209 cm³/mol. The second-order valence-corrected chi connectivity index (χ2v) is 14.9. The largest absolute Gasteiger partial charge is 0.341 e. The Labute approximate surface area is 287 Å². The number of benzene rings is 1. The van der Waals surface area contributed by atoms with E-state index in [9.17, 15) is 0 Å². The van der Waals surface area contributed by atoms with Crippen LogP contribution in [0.1, 0.15) is 218 Å². The number of anilines is 1. The molecule has 0 fully saturated rings. The monoisotopic (exact) mass is 646 g/mol. The maximum atomic E-state index is 5.29. The molecule has 3 heteroatoms. The fourth-order valence-electron chi connectivity index (χ4n) is 6.76. The van der Waals surface area contributed by atoms with Gasteiger partial charge < -0.3 is 5.32 Å². The first-order valence-electron chi connectivity index (χ1n) is 19.8. The molecule has 1 rings (SSSR count). The van der Waals surface area contributed by atoms with E-state index in [0.717, 1.165) is 6.42 Å². The lowest BCUT2D eigenvalue weighted by Gasteiger charge is -2.16. The number of rotatable bonds is 33. The molecule has 0 unspecified atom stereocenters. The maximum Gasteiger partial charge on any atom is 0.135 e. The van der Waals surface area contributed by atoms with E-state index in [1.54, 1.807) is 0 Å². The van der Waals surface area contributed by atoms with E-state index < -0.39 is 0 Å². The molecule has 0 aliphatic rings. The van der Waals surface area contributed by atoms with Gasteiger partial charge in [-0.1, -0.05) is 218 Å². The van der Waals surface area contributed by atoms with Crippen LogP contribution in [0.4, 0.5) is 5.69 Å². The fraction of sp³-hybridized carbons (Fsp3) is 0.829. The minimum absolute atomic E-state index is 0.576. The van der Waals surface area contributed by atoms with Crippen molar-refractivity contribution in [2.75, 3.05) is 5.32 Å². The summed E-state index contributed by atoms with van der Waals surface area (Å²) in [7, 11) is 0. The first-order valence-corrected chi connectivity index (χ1v) is 20.6. The number of hydrogen-bond donors (Lipinski definition) is 2. The Balaban J connectivity index is 2.15. The summed E-state index contributed by atoms with van der Waals surface area (Å²) in [5.74, 6) is 0. The molecular weight excluding hydrogens is 571 g/mol. The molecule has 0 spiro atoms. The van der Waals surface area contributed by atoms with Gasteiger partial charge in [0.05, 0.1) is 0 Å². The van der Waals surface area contributed by atoms with Crippen molar-refractivity contribution in [1.82, 2.24) is 0 Å². The first-order chi connectivity index (χ1) is 21.7. The molecule has 0 heterocycles. The van der Waals surface area contributed by atoms with E-state index in [-0.39, 0.29) is 0 Å². The summed E-state index contributed by atoms with van der Waals surface area (Å²) in [4.78, 5) is 0. The van der Waals surface area contributed by atoms with Gasteiger partial charge in [-0.15, -0.1) is 12.6 Å². The molecule has 1 nitrogen and oxygen atoms in total. The number of nitrogens with one attached hydrogen (secondary N) is 1. The summed E-state index contributed by atoms with van der Waals surface area (Å²) >= 11 is 9.67. The van der Waals surface area contributed by atoms with Crippen molar-refractivity contribution in [2.24, 2.45) is 0 Å². The number of thiol groups is 1. The molecule has 0 saturated heterocycles. The minimum Gasteiger partial charge on any atom is -0.341 e. The molecule has 0 saturated carbocycles. The summed E-state index contributed by atoms with van der Waals surface area (Å²) in [5.41, 5.74) is 4.21. The molecule has 0 aliphatic carbocycles. The third kappa shape index (κ3) is 25.6. The third-order valence-corrected chi connectivity index (χ3v) is 9.81. The highest BCUT2D eigenvalue weighted by Gasteiger charge is 2.09. The Morgan fingerprint density at radius 3 is 1.14 bits per heavy atom. The second-order valence-electron chi connectivity index (χ2n) is 13.8. The molecule has 1 aromatic rings. The van der Waals surface area contributed by atoms with E-state index >= 15 is 0 Å². The van der Waals surface area contributed by atoms with Crippen LogP contribution in [-0.4, -0.2) is 4.32 Å². The SMILES string of the molecule is CCCCCCCCCCCCCCCCCc1cccc(NC(=S)S)c1CCCCCCCCCCCCCCCCC. The van der Waals surface area contributed by atoms with Crippen LogP contribution in [0.25, 0.3) is 0 Å². The van der Waals surface area contributed by atoms with Gasteiger partial charge in [0.25, 0.3) is 0 Å². The van der Waals surface area contributed by atoms with E-state index in [4.69, 9.17) is 12.2 Å². The molecule has 0 aromatic heterocycles. The second kappa shape index (κ2) is 32.4. The summed E-state index contributed by atoms with van der Waals surface area (Å²) in [6, 6.07) is 6.75. The van der Waals surface area contributed by atoms with E-state index in [1.165, 1.54) is 216 Å². The topological polar surface area (TPSA) is 12.0 Å². The molecule has 1 aromatic carbocycles. The number of thiocarbonyl (C=S) groups is 1. The zero-order valence-electron chi connectivity index (χ0n) is 29.7. The molecule has 0 aliphatic heterocycles. The highest BCUT2D eigenvalue weighted by atomic mass is 32.1. The summed E-state index contributed by atoms with van der Waals surface area (Å²) in [6.07, 6.45) is 44.9. The van der Waals surface area contributed by atoms with Gasteiger partial charge in [0.15, 0.2) is 0 Å². The van der Waals surface area contributed by atoms with Crippen LogP contribution in [0.3, 0.4) is 0 Å². The van der Waals surface area contributed by atoms with E-state index in [0.29, 0.717) is 4.32 Å². The highest BCUT2D eigenvalue weighted by Crippen LogP contribution is 2.26. The molecule has 44 heavy (non-hydrogen) atoms. The zero-order valence-corrected chi connectivity index (χ0v) is 31.4. The lowest BCUT2D eigenvalue weighted by Crippen LogP contribution is -2.07. The molecule has 0 bridgehead atoms. The van der Waals surface area contributed by atoms with Crippen molar-refractivity contribution in [1.29, 1.82) is 0 Å². The lowest BCUT2D eigenvalue weighted by atomic mass is 9.94. The van der Waals surface area contributed by atoms with Crippen LogP contribution >= 0.6 is 24.8 Å². The summed E-state index contributed by atoms with van der Waals surface area (Å²) in [6.45, 7) is 4.60. The lowest BCUT2D eigenvalue weighted by molar-refractivity contribution is 0.531. The van der Waals surface area contributed by atoms with Gasteiger partial charge in [-0.05, 0) is 42.9 Å². The van der Waals surface area contributed by atoms with Gasteiger partial charge in [0.1, 0.15) is 4.32 Å². The van der Waals surface area contributed by atoms with Crippen LogP contribution in [0, 0.1) is 0 Å². The van der Waals surface area contributed by atoms with Gasteiger partial charge in [0.2, 0.25) is 0 Å². The van der Waals surface area contributed by atoms with Crippen LogP contribution in [-0.2, 0) is 12.8 Å². The van der Waals surface area contributed by atoms with Crippen molar-refractivity contribution >= 4 is 34.9 Å². The standard InChI is InChI=1S/C41H75NS2/c1-3-5-7-9-11-13-15-17-19-21-23-25-27-29-31-34-38-35-33-37-40(42-41(43)44)39(38)36-32-30-28-26-24-22-20-18-16-14-12-10-8-6-4-2/h33,35,37H,3-32,34,36H2,1-2H3,(H2,42,43,44). The normalized spacial score (nSPS) is 11.3. The van der Waals surface area contributed by atoms with Crippen LogP contribution in [0.5, 0.6) is 0 Å². The average molecular weight is 646 g/mol. The quantitative estimate of drug-likeness (QED) is 0.0448. The number of unbranched alkanes of at least 4 members (excludes halogenated alkanes) is 28. The minimum atomic E-state index is 0.576. The van der Waals surface area contributed by atoms with Crippen molar-refractivity contribution in [3.05, 3.63) is 29.3 Å². The van der Waals surface area contributed by atoms with Gasteiger partial charge >= 0.3 is 0 Å². The van der Waals surface area contributed by atoms with Crippen molar-refractivity contribution in [3.63, 3.8) is 0 Å². The predicted octanol–water partition coefficient (Wildman–Crippen LogP) is 15.1. The van der Waals surface area contributed by atoms with Crippen molar-refractivity contribution in [2.45, 2.75) is 219 Å². The van der Waals surface area contributed by atoms with Gasteiger partial charge in [-0.25, -0.2) is 0 Å². The molecule has 0 amide bonds. The Morgan fingerprint density at radius 1 is 0.477 bits per heavy atom. The third-order valence-electron chi connectivity index (χ3n) is 9.59. The number of hydrogen-bond acceptors (Lipinski definition) is 1. The molecule has 1 N–H and O–H groups in total. The zero-order chi connectivity index (χ0) is 31.8.